The molecule has 0 spiro atoms. The highest BCUT2D eigenvalue weighted by molar-refractivity contribution is 5.80. The number of ether oxygens (including phenoxy) is 2. The lowest BCUT2D eigenvalue weighted by atomic mass is 9.78. The van der Waals surface area contributed by atoms with Gasteiger partial charge in [-0.2, -0.15) is 0 Å². The fourth-order valence-corrected chi connectivity index (χ4v) is 4.01. The molecule has 140 valence electrons. The molecule has 2 aliphatic rings. The maximum Gasteiger partial charge on any atom is 0.193 e. The van der Waals surface area contributed by atoms with Crippen molar-refractivity contribution in [1.82, 2.24) is 10.2 Å². The predicted octanol–water partition coefficient (Wildman–Crippen LogP) is 2.76. The Bertz CT molecular complexity index is 406. The molecular weight excluding hydrogens is 302 g/mol. The first-order valence-electron chi connectivity index (χ1n) is 9.60. The fourth-order valence-electron chi connectivity index (χ4n) is 4.01. The number of hydrogen-bond donors (Lipinski definition) is 1. The molecule has 0 saturated carbocycles. The number of likely N-dealkylation sites (tertiary alicyclic amines) is 1. The highest BCUT2D eigenvalue weighted by atomic mass is 16.5. The summed E-state index contributed by atoms with van der Waals surface area (Å²) in [5.41, 5.74) is 0.187. The molecule has 0 aromatic rings. The summed E-state index contributed by atoms with van der Waals surface area (Å²) < 4.78 is 11.7. The molecule has 3 unspecified atom stereocenters. The van der Waals surface area contributed by atoms with E-state index < -0.39 is 0 Å². The SMILES string of the molecule is CCOCC1CCN(C(=NC)NCC2CCCOC2C(C)(C)C)C1. The van der Waals surface area contributed by atoms with E-state index in [-0.39, 0.29) is 5.41 Å². The molecule has 2 aliphatic heterocycles. The van der Waals surface area contributed by atoms with E-state index in [4.69, 9.17) is 9.47 Å². The van der Waals surface area contributed by atoms with Crippen LogP contribution in [0.5, 0.6) is 0 Å². The van der Waals surface area contributed by atoms with Crippen LogP contribution in [0.15, 0.2) is 4.99 Å². The van der Waals surface area contributed by atoms with Crippen molar-refractivity contribution in [3.63, 3.8) is 0 Å². The van der Waals surface area contributed by atoms with Gasteiger partial charge in [0.25, 0.3) is 0 Å². The summed E-state index contributed by atoms with van der Waals surface area (Å²) in [4.78, 5) is 6.88. The largest absolute Gasteiger partial charge is 0.381 e. The zero-order valence-corrected chi connectivity index (χ0v) is 16.3. The van der Waals surface area contributed by atoms with Gasteiger partial charge in [-0.3, -0.25) is 4.99 Å². The van der Waals surface area contributed by atoms with Crippen LogP contribution >= 0.6 is 0 Å². The Kier molecular flexibility index (Phi) is 7.35. The third-order valence-electron chi connectivity index (χ3n) is 5.18. The van der Waals surface area contributed by atoms with E-state index >= 15 is 0 Å². The molecular formula is C19H37N3O2. The number of nitrogens with one attached hydrogen (secondary N) is 1. The number of guanidine groups is 1. The molecule has 0 aromatic carbocycles. The Hall–Kier alpha value is -0.810. The monoisotopic (exact) mass is 339 g/mol. The summed E-state index contributed by atoms with van der Waals surface area (Å²) in [6.07, 6.45) is 3.91. The van der Waals surface area contributed by atoms with E-state index in [0.717, 1.165) is 51.8 Å². The van der Waals surface area contributed by atoms with E-state index in [2.05, 4.69) is 42.9 Å². The van der Waals surface area contributed by atoms with Crippen molar-refractivity contribution in [3.8, 4) is 0 Å². The maximum absolute atomic E-state index is 6.10. The molecule has 2 heterocycles. The Morgan fingerprint density at radius 1 is 1.33 bits per heavy atom. The molecule has 3 atom stereocenters. The maximum atomic E-state index is 6.10. The third-order valence-corrected chi connectivity index (χ3v) is 5.18. The number of hydrogen-bond acceptors (Lipinski definition) is 3. The molecule has 0 radical (unpaired) electrons. The van der Waals surface area contributed by atoms with Crippen molar-refractivity contribution in [3.05, 3.63) is 0 Å². The smallest absolute Gasteiger partial charge is 0.193 e. The van der Waals surface area contributed by atoms with Crippen molar-refractivity contribution in [2.24, 2.45) is 22.2 Å². The lowest BCUT2D eigenvalue weighted by Gasteiger charge is -2.40. The van der Waals surface area contributed by atoms with Gasteiger partial charge in [-0.25, -0.2) is 0 Å². The van der Waals surface area contributed by atoms with Crippen LogP contribution < -0.4 is 5.32 Å². The van der Waals surface area contributed by atoms with Crippen LogP contribution in [0.2, 0.25) is 0 Å². The van der Waals surface area contributed by atoms with Gasteiger partial charge in [-0.1, -0.05) is 20.8 Å². The summed E-state index contributed by atoms with van der Waals surface area (Å²) >= 11 is 0. The zero-order chi connectivity index (χ0) is 17.6. The molecule has 2 saturated heterocycles. The second kappa shape index (κ2) is 9.04. The van der Waals surface area contributed by atoms with Gasteiger partial charge in [0.2, 0.25) is 0 Å². The summed E-state index contributed by atoms with van der Waals surface area (Å²) in [5, 5.41) is 3.61. The van der Waals surface area contributed by atoms with E-state index in [1.54, 1.807) is 0 Å². The van der Waals surface area contributed by atoms with Crippen LogP contribution in [0.3, 0.4) is 0 Å². The average Bonchev–Trinajstić information content (AvgIpc) is 3.02. The van der Waals surface area contributed by atoms with E-state index in [9.17, 15) is 0 Å². The van der Waals surface area contributed by atoms with Crippen molar-refractivity contribution in [2.75, 3.05) is 46.5 Å². The Morgan fingerprint density at radius 2 is 2.12 bits per heavy atom. The van der Waals surface area contributed by atoms with Crippen LogP contribution in [-0.2, 0) is 9.47 Å². The number of rotatable bonds is 5. The van der Waals surface area contributed by atoms with Gasteiger partial charge in [0, 0.05) is 51.7 Å². The molecule has 5 nitrogen and oxygen atoms in total. The van der Waals surface area contributed by atoms with Crippen LogP contribution in [0.1, 0.15) is 47.0 Å². The van der Waals surface area contributed by atoms with Gasteiger partial charge in [0.15, 0.2) is 5.96 Å². The van der Waals surface area contributed by atoms with Crippen molar-refractivity contribution >= 4 is 5.96 Å². The van der Waals surface area contributed by atoms with Crippen molar-refractivity contribution in [2.45, 2.75) is 53.1 Å². The van der Waals surface area contributed by atoms with Gasteiger partial charge in [0.1, 0.15) is 0 Å². The predicted molar refractivity (Wildman–Crippen MR) is 99.5 cm³/mol. The van der Waals surface area contributed by atoms with Crippen molar-refractivity contribution < 1.29 is 9.47 Å². The first kappa shape index (κ1) is 19.5. The van der Waals surface area contributed by atoms with Crippen LogP contribution in [0, 0.1) is 17.3 Å². The molecule has 5 heteroatoms. The summed E-state index contributed by atoms with van der Waals surface area (Å²) in [7, 11) is 1.89. The highest BCUT2D eigenvalue weighted by Crippen LogP contribution is 2.33. The topological polar surface area (TPSA) is 46.1 Å². The van der Waals surface area contributed by atoms with Gasteiger partial charge in [0.05, 0.1) is 12.7 Å². The molecule has 0 aromatic heterocycles. The molecule has 0 bridgehead atoms. The molecule has 0 amide bonds. The second-order valence-electron chi connectivity index (χ2n) is 8.25. The molecule has 2 rings (SSSR count). The van der Waals surface area contributed by atoms with E-state index in [1.165, 1.54) is 12.8 Å². The quantitative estimate of drug-likeness (QED) is 0.618. The Labute approximate surface area is 148 Å². The van der Waals surface area contributed by atoms with Gasteiger partial charge < -0.3 is 19.7 Å². The van der Waals surface area contributed by atoms with Crippen LogP contribution in [0.25, 0.3) is 0 Å². The van der Waals surface area contributed by atoms with Crippen molar-refractivity contribution in [1.29, 1.82) is 0 Å². The van der Waals surface area contributed by atoms with Crippen LogP contribution in [-0.4, -0.2) is 63.5 Å². The minimum absolute atomic E-state index is 0.187. The van der Waals surface area contributed by atoms with Gasteiger partial charge >= 0.3 is 0 Å². The Balaban J connectivity index is 1.85. The third kappa shape index (κ3) is 5.35. The first-order chi connectivity index (χ1) is 11.5. The molecule has 1 N–H and O–H groups in total. The van der Waals surface area contributed by atoms with Crippen LogP contribution in [0.4, 0.5) is 0 Å². The number of aliphatic imine (C=N–C) groups is 1. The average molecular weight is 340 g/mol. The van der Waals surface area contributed by atoms with Gasteiger partial charge in [-0.15, -0.1) is 0 Å². The summed E-state index contributed by atoms with van der Waals surface area (Å²) in [5.74, 6) is 2.22. The lowest BCUT2D eigenvalue weighted by molar-refractivity contribution is -0.0836. The standard InChI is InChI=1S/C19H37N3O2/c1-6-23-14-15-9-10-22(13-15)18(20-5)21-12-16-8-7-11-24-17(16)19(2,3)4/h15-17H,6-14H2,1-5H3,(H,20,21). The molecule has 0 aliphatic carbocycles. The second-order valence-corrected chi connectivity index (χ2v) is 8.25. The highest BCUT2D eigenvalue weighted by Gasteiger charge is 2.35. The van der Waals surface area contributed by atoms with E-state index in [1.807, 2.05) is 7.05 Å². The molecule has 24 heavy (non-hydrogen) atoms. The minimum atomic E-state index is 0.187. The first-order valence-corrected chi connectivity index (χ1v) is 9.60. The Morgan fingerprint density at radius 3 is 2.79 bits per heavy atom. The minimum Gasteiger partial charge on any atom is -0.381 e. The summed E-state index contributed by atoms with van der Waals surface area (Å²) in [6.45, 7) is 14.5. The van der Waals surface area contributed by atoms with E-state index in [0.29, 0.717) is 17.9 Å². The lowest BCUT2D eigenvalue weighted by Crippen LogP contribution is -2.48. The fraction of sp³-hybridized carbons (Fsp3) is 0.947. The summed E-state index contributed by atoms with van der Waals surface area (Å²) in [6, 6.07) is 0. The van der Waals surface area contributed by atoms with Gasteiger partial charge in [-0.05, 0) is 31.6 Å². The normalized spacial score (nSPS) is 29.1. The molecule has 2 fully saturated rings. The zero-order valence-electron chi connectivity index (χ0n) is 16.3. The number of nitrogens with zero attached hydrogens (tertiary/aromatic N) is 2.